The minimum absolute atomic E-state index is 0.149. The van der Waals surface area contributed by atoms with E-state index in [-0.39, 0.29) is 11.9 Å². The summed E-state index contributed by atoms with van der Waals surface area (Å²) in [6.07, 6.45) is 0.875. The van der Waals surface area contributed by atoms with Gasteiger partial charge in [-0.3, -0.25) is 4.79 Å². The van der Waals surface area contributed by atoms with Crippen LogP contribution in [0.4, 0.5) is 5.69 Å². The normalized spacial score (nSPS) is 12.3. The maximum atomic E-state index is 11.7. The summed E-state index contributed by atoms with van der Waals surface area (Å²) in [5.41, 5.74) is 6.02. The van der Waals surface area contributed by atoms with Gasteiger partial charge in [0.1, 0.15) is 0 Å². The Bertz CT molecular complexity index is 432. The highest BCUT2D eigenvalue weighted by molar-refractivity contribution is 7.99. The molecule has 0 bridgehead atoms. The second-order valence-corrected chi connectivity index (χ2v) is 6.47. The van der Waals surface area contributed by atoms with E-state index in [0.29, 0.717) is 26.5 Å². The molecule has 7 heteroatoms. The second-order valence-electron chi connectivity index (χ2n) is 4.11. The van der Waals surface area contributed by atoms with Crippen molar-refractivity contribution < 1.29 is 4.79 Å². The van der Waals surface area contributed by atoms with Gasteiger partial charge >= 0.3 is 0 Å². The van der Waals surface area contributed by atoms with Gasteiger partial charge in [0, 0.05) is 11.1 Å². The van der Waals surface area contributed by atoms with E-state index in [0.717, 1.165) is 12.2 Å². The Kier molecular flexibility index (Phi) is 7.32. The third kappa shape index (κ3) is 6.23. The second kappa shape index (κ2) is 8.22. The largest absolute Gasteiger partial charge is 0.328 e. The monoisotopic (exact) mass is 340 g/mol. The summed E-state index contributed by atoms with van der Waals surface area (Å²) in [5, 5.41) is 3.76. The molecule has 0 aliphatic heterocycles. The Hall–Kier alpha value is -0.130. The van der Waals surface area contributed by atoms with Gasteiger partial charge in [0.25, 0.3) is 0 Å². The maximum Gasteiger partial charge on any atom is 0.234 e. The van der Waals surface area contributed by atoms with Crippen LogP contribution >= 0.6 is 46.6 Å². The summed E-state index contributed by atoms with van der Waals surface area (Å²) in [4.78, 5) is 11.7. The summed E-state index contributed by atoms with van der Waals surface area (Å²) in [7, 11) is 0. The van der Waals surface area contributed by atoms with Crippen LogP contribution in [0.1, 0.15) is 13.3 Å². The van der Waals surface area contributed by atoms with E-state index < -0.39 is 0 Å². The number of thioether (sulfide) groups is 1. The molecule has 1 amide bonds. The predicted molar refractivity (Wildman–Crippen MR) is 85.7 cm³/mol. The predicted octanol–water partition coefficient (Wildman–Crippen LogP) is 4.06. The molecule has 0 fully saturated rings. The molecule has 0 aliphatic rings. The highest BCUT2D eigenvalue weighted by Gasteiger charge is 2.11. The molecule has 1 aromatic carbocycles. The first-order valence-corrected chi connectivity index (χ1v) is 7.96. The van der Waals surface area contributed by atoms with Crippen LogP contribution < -0.4 is 11.1 Å². The number of anilines is 1. The van der Waals surface area contributed by atoms with Crippen molar-refractivity contribution in [2.75, 3.05) is 16.8 Å². The number of halogens is 3. The quantitative estimate of drug-likeness (QED) is 0.767. The van der Waals surface area contributed by atoms with Crippen LogP contribution in [0.5, 0.6) is 0 Å². The lowest BCUT2D eigenvalue weighted by molar-refractivity contribution is -0.113. The Balaban J connectivity index is 2.49. The van der Waals surface area contributed by atoms with Crippen LogP contribution in [0.3, 0.4) is 0 Å². The summed E-state index contributed by atoms with van der Waals surface area (Å²) >= 11 is 19.3. The minimum atomic E-state index is -0.152. The molecular weight excluding hydrogens is 327 g/mol. The van der Waals surface area contributed by atoms with Crippen molar-refractivity contribution >= 4 is 58.2 Å². The van der Waals surface area contributed by atoms with E-state index in [1.54, 1.807) is 0 Å². The van der Waals surface area contributed by atoms with E-state index in [1.807, 2.05) is 6.92 Å². The van der Waals surface area contributed by atoms with Gasteiger partial charge in [-0.15, -0.1) is 0 Å². The van der Waals surface area contributed by atoms with Gasteiger partial charge in [0.15, 0.2) is 0 Å². The van der Waals surface area contributed by atoms with Gasteiger partial charge in [0.05, 0.1) is 21.5 Å². The molecule has 0 spiro atoms. The fourth-order valence-corrected chi connectivity index (χ4v) is 3.12. The van der Waals surface area contributed by atoms with Crippen LogP contribution in [-0.4, -0.2) is 23.5 Å². The van der Waals surface area contributed by atoms with Crippen molar-refractivity contribution in [2.45, 2.75) is 19.4 Å². The molecular formula is C12H15Cl3N2OS. The Labute approximate surface area is 132 Å². The number of rotatable bonds is 6. The molecule has 1 rings (SSSR count). The molecule has 3 nitrogen and oxygen atoms in total. The number of hydrogen-bond acceptors (Lipinski definition) is 3. The van der Waals surface area contributed by atoms with Crippen LogP contribution in [0.15, 0.2) is 12.1 Å². The first kappa shape index (κ1) is 16.9. The van der Waals surface area contributed by atoms with Crippen LogP contribution in [0.25, 0.3) is 0 Å². The summed E-state index contributed by atoms with van der Waals surface area (Å²) in [6, 6.07) is 3.22. The van der Waals surface area contributed by atoms with Crippen molar-refractivity contribution in [2.24, 2.45) is 5.73 Å². The highest BCUT2D eigenvalue weighted by Crippen LogP contribution is 2.33. The van der Waals surface area contributed by atoms with Gasteiger partial charge in [-0.05, 0) is 31.2 Å². The third-order valence-electron chi connectivity index (χ3n) is 2.22. The lowest BCUT2D eigenvalue weighted by Crippen LogP contribution is -2.18. The number of amides is 1. The molecule has 0 aliphatic carbocycles. The first-order chi connectivity index (χ1) is 8.90. The lowest BCUT2D eigenvalue weighted by atomic mass is 10.3. The molecule has 0 saturated heterocycles. The van der Waals surface area contributed by atoms with Crippen molar-refractivity contribution in [3.05, 3.63) is 27.2 Å². The Morgan fingerprint density at radius 3 is 2.47 bits per heavy atom. The van der Waals surface area contributed by atoms with Crippen molar-refractivity contribution in [1.29, 1.82) is 0 Å². The number of nitrogens with two attached hydrogens (primary N) is 1. The fraction of sp³-hybridized carbons (Fsp3) is 0.417. The smallest absolute Gasteiger partial charge is 0.234 e. The van der Waals surface area contributed by atoms with E-state index in [2.05, 4.69) is 5.32 Å². The van der Waals surface area contributed by atoms with Crippen molar-refractivity contribution in [3.8, 4) is 0 Å². The number of hydrogen-bond donors (Lipinski definition) is 2. The molecule has 0 heterocycles. The zero-order valence-electron chi connectivity index (χ0n) is 10.4. The Morgan fingerprint density at radius 1 is 1.37 bits per heavy atom. The zero-order valence-corrected chi connectivity index (χ0v) is 13.5. The lowest BCUT2D eigenvalue weighted by Gasteiger charge is -2.10. The van der Waals surface area contributed by atoms with Gasteiger partial charge in [-0.1, -0.05) is 34.8 Å². The minimum Gasteiger partial charge on any atom is -0.328 e. The molecule has 0 saturated carbocycles. The number of nitrogens with one attached hydrogen (secondary N) is 1. The molecule has 19 heavy (non-hydrogen) atoms. The summed E-state index contributed by atoms with van der Waals surface area (Å²) in [5.74, 6) is 1.02. The van der Waals surface area contributed by atoms with Gasteiger partial charge in [-0.25, -0.2) is 0 Å². The topological polar surface area (TPSA) is 55.1 Å². The van der Waals surface area contributed by atoms with Gasteiger partial charge in [-0.2, -0.15) is 11.8 Å². The highest BCUT2D eigenvalue weighted by atomic mass is 35.5. The average molecular weight is 342 g/mol. The molecule has 106 valence electrons. The SMILES string of the molecule is CC(N)CCSCC(=O)Nc1c(Cl)cc(Cl)cc1Cl. The van der Waals surface area contributed by atoms with E-state index in [9.17, 15) is 4.79 Å². The molecule has 0 aromatic heterocycles. The molecule has 1 unspecified atom stereocenters. The average Bonchev–Trinajstić information content (AvgIpc) is 2.29. The fourth-order valence-electron chi connectivity index (χ4n) is 1.27. The van der Waals surface area contributed by atoms with Gasteiger partial charge < -0.3 is 11.1 Å². The zero-order chi connectivity index (χ0) is 14.4. The Morgan fingerprint density at radius 2 is 1.95 bits per heavy atom. The number of carbonyl (C=O) groups is 1. The molecule has 0 radical (unpaired) electrons. The summed E-state index contributed by atoms with van der Waals surface area (Å²) in [6.45, 7) is 1.94. The van der Waals surface area contributed by atoms with Crippen molar-refractivity contribution in [3.63, 3.8) is 0 Å². The van der Waals surface area contributed by atoms with Crippen LogP contribution in [0.2, 0.25) is 15.1 Å². The van der Waals surface area contributed by atoms with E-state index >= 15 is 0 Å². The molecule has 3 N–H and O–H groups in total. The maximum absolute atomic E-state index is 11.7. The first-order valence-electron chi connectivity index (χ1n) is 5.68. The standard InChI is InChI=1S/C12H15Cl3N2OS/c1-7(16)2-3-19-6-11(18)17-12-9(14)4-8(13)5-10(12)15/h4-5,7H,2-3,6,16H2,1H3,(H,17,18). The third-order valence-corrected chi connectivity index (χ3v) is 4.03. The number of benzene rings is 1. The van der Waals surface area contributed by atoms with Crippen molar-refractivity contribution in [1.82, 2.24) is 0 Å². The number of carbonyl (C=O) groups excluding carboxylic acids is 1. The van der Waals surface area contributed by atoms with E-state index in [4.69, 9.17) is 40.5 Å². The van der Waals surface area contributed by atoms with E-state index in [1.165, 1.54) is 23.9 Å². The van der Waals surface area contributed by atoms with Gasteiger partial charge in [0.2, 0.25) is 5.91 Å². The molecule has 1 atom stereocenters. The van der Waals surface area contributed by atoms with Crippen LogP contribution in [0, 0.1) is 0 Å². The molecule has 1 aromatic rings. The summed E-state index contributed by atoms with van der Waals surface area (Å²) < 4.78 is 0. The van der Waals surface area contributed by atoms with Crippen LogP contribution in [-0.2, 0) is 4.79 Å².